The smallest absolute Gasteiger partial charge is 0.355 e. The van der Waals surface area contributed by atoms with Crippen molar-refractivity contribution in [2.24, 2.45) is 5.92 Å². The molecule has 2 N–H and O–H groups in total. The van der Waals surface area contributed by atoms with E-state index < -0.39 is 5.97 Å². The predicted octanol–water partition coefficient (Wildman–Crippen LogP) is 2.16. The van der Waals surface area contributed by atoms with Crippen LogP contribution in [0.1, 0.15) is 22.5 Å². The van der Waals surface area contributed by atoms with Gasteiger partial charge >= 0.3 is 5.97 Å². The van der Waals surface area contributed by atoms with Gasteiger partial charge in [-0.2, -0.15) is 0 Å². The van der Waals surface area contributed by atoms with Gasteiger partial charge in [-0.05, 0) is 18.1 Å². The van der Waals surface area contributed by atoms with E-state index in [0.717, 1.165) is 17.5 Å². The highest BCUT2D eigenvalue weighted by molar-refractivity contribution is 7.13. The van der Waals surface area contributed by atoms with E-state index in [2.05, 4.69) is 10.3 Å². The number of thiazole rings is 1. The Balaban J connectivity index is 1.67. The normalized spacial score (nSPS) is 17.1. The predicted molar refractivity (Wildman–Crippen MR) is 85.3 cm³/mol. The van der Waals surface area contributed by atoms with Crippen molar-refractivity contribution in [1.82, 2.24) is 10.3 Å². The molecule has 1 fully saturated rings. The minimum absolute atomic E-state index is 0.00955. The fourth-order valence-corrected chi connectivity index (χ4v) is 3.18. The molecule has 2 heterocycles. The first-order chi connectivity index (χ1) is 11.1. The molecule has 0 bridgehead atoms. The van der Waals surface area contributed by atoms with Crippen LogP contribution in [0.15, 0.2) is 29.6 Å². The zero-order chi connectivity index (χ0) is 16.2. The zero-order valence-electron chi connectivity index (χ0n) is 12.3. The highest BCUT2D eigenvalue weighted by atomic mass is 32.1. The molecule has 1 aromatic carbocycles. The lowest BCUT2D eigenvalue weighted by Gasteiger charge is -2.10. The van der Waals surface area contributed by atoms with Gasteiger partial charge in [0.15, 0.2) is 5.69 Å². The van der Waals surface area contributed by atoms with Crippen molar-refractivity contribution in [3.05, 3.63) is 40.9 Å². The van der Waals surface area contributed by atoms with Crippen molar-refractivity contribution in [1.29, 1.82) is 0 Å². The number of carboxylic acid groups (broad SMARTS) is 1. The van der Waals surface area contributed by atoms with Crippen LogP contribution in [0, 0.1) is 5.92 Å². The van der Waals surface area contributed by atoms with Gasteiger partial charge in [0.1, 0.15) is 5.01 Å². The van der Waals surface area contributed by atoms with E-state index >= 15 is 0 Å². The summed E-state index contributed by atoms with van der Waals surface area (Å²) in [6.07, 6.45) is 0.767. The molecule has 3 rings (SSSR count). The highest BCUT2D eigenvalue weighted by Gasteiger charge is 2.23. The summed E-state index contributed by atoms with van der Waals surface area (Å²) in [6.45, 7) is 1.56. The molecule has 1 aromatic heterocycles. The minimum atomic E-state index is -1.03. The van der Waals surface area contributed by atoms with Crippen LogP contribution in [0.5, 0.6) is 0 Å². The van der Waals surface area contributed by atoms with Crippen molar-refractivity contribution in [2.45, 2.75) is 13.0 Å². The van der Waals surface area contributed by atoms with Crippen molar-refractivity contribution in [3.8, 4) is 10.6 Å². The fourth-order valence-electron chi connectivity index (χ4n) is 2.39. The Hall–Kier alpha value is -2.25. The number of nitrogens with one attached hydrogen (secondary N) is 1. The number of hydrogen-bond donors (Lipinski definition) is 2. The number of nitrogens with zero attached hydrogens (tertiary/aromatic N) is 1. The maximum atomic E-state index is 12.0. The van der Waals surface area contributed by atoms with Gasteiger partial charge in [-0.1, -0.05) is 18.2 Å². The van der Waals surface area contributed by atoms with Gasteiger partial charge in [0.25, 0.3) is 0 Å². The van der Waals surface area contributed by atoms with Crippen molar-refractivity contribution >= 4 is 23.2 Å². The number of amides is 1. The van der Waals surface area contributed by atoms with Gasteiger partial charge in [0.05, 0.1) is 12.5 Å². The molecule has 120 valence electrons. The number of aromatic carboxylic acids is 1. The summed E-state index contributed by atoms with van der Waals surface area (Å²) in [5, 5.41) is 14.0. The standard InChI is InChI=1S/C16H16N2O4S/c19-14(12-4-5-22-8-12)17-7-10-2-1-3-11(6-10)15-18-13(9-23-15)16(20)21/h1-3,6,9,12H,4-5,7-8H2,(H,17,19)(H,20,21)/t12-/m0/s1. The van der Waals surface area contributed by atoms with E-state index in [9.17, 15) is 9.59 Å². The van der Waals surface area contributed by atoms with Crippen LogP contribution in [0.3, 0.4) is 0 Å². The van der Waals surface area contributed by atoms with E-state index in [1.807, 2.05) is 24.3 Å². The van der Waals surface area contributed by atoms with Gasteiger partial charge in [0.2, 0.25) is 5.91 Å². The number of carbonyl (C=O) groups is 2. The van der Waals surface area contributed by atoms with Gasteiger partial charge in [0, 0.05) is 24.1 Å². The number of carbonyl (C=O) groups excluding carboxylic acids is 1. The Morgan fingerprint density at radius 3 is 3.00 bits per heavy atom. The summed E-state index contributed by atoms with van der Waals surface area (Å²) < 4.78 is 5.21. The Labute approximate surface area is 137 Å². The first-order valence-corrected chi connectivity index (χ1v) is 8.15. The zero-order valence-corrected chi connectivity index (χ0v) is 13.1. The highest BCUT2D eigenvalue weighted by Crippen LogP contribution is 2.24. The van der Waals surface area contributed by atoms with Gasteiger partial charge < -0.3 is 15.2 Å². The fraction of sp³-hybridized carbons (Fsp3) is 0.312. The maximum Gasteiger partial charge on any atom is 0.355 e. The number of aromatic nitrogens is 1. The van der Waals surface area contributed by atoms with Crippen molar-refractivity contribution in [3.63, 3.8) is 0 Å². The van der Waals surface area contributed by atoms with Gasteiger partial charge in [-0.3, -0.25) is 4.79 Å². The number of ether oxygens (including phenoxy) is 1. The van der Waals surface area contributed by atoms with Crippen LogP contribution < -0.4 is 5.32 Å². The number of benzene rings is 1. The molecular weight excluding hydrogens is 316 g/mol. The quantitative estimate of drug-likeness (QED) is 0.876. The molecule has 0 spiro atoms. The molecule has 1 saturated heterocycles. The molecule has 6 nitrogen and oxygen atoms in total. The molecule has 0 aliphatic carbocycles. The number of hydrogen-bond acceptors (Lipinski definition) is 5. The van der Waals surface area contributed by atoms with Crippen LogP contribution in [0.4, 0.5) is 0 Å². The Morgan fingerprint density at radius 1 is 1.43 bits per heavy atom. The Bertz CT molecular complexity index is 722. The number of rotatable bonds is 5. The van der Waals surface area contributed by atoms with Crippen molar-refractivity contribution in [2.75, 3.05) is 13.2 Å². The maximum absolute atomic E-state index is 12.0. The lowest BCUT2D eigenvalue weighted by Crippen LogP contribution is -2.30. The summed E-state index contributed by atoms with van der Waals surface area (Å²) >= 11 is 1.29. The largest absolute Gasteiger partial charge is 0.476 e. The molecule has 1 atom stereocenters. The first-order valence-electron chi connectivity index (χ1n) is 7.27. The van der Waals surface area contributed by atoms with Gasteiger partial charge in [-0.15, -0.1) is 11.3 Å². The van der Waals surface area contributed by atoms with E-state index in [-0.39, 0.29) is 17.5 Å². The molecule has 23 heavy (non-hydrogen) atoms. The molecule has 1 aliphatic heterocycles. The molecule has 1 aliphatic rings. The number of carboxylic acids is 1. The summed E-state index contributed by atoms with van der Waals surface area (Å²) in [5.74, 6) is -1.08. The van der Waals surface area contributed by atoms with E-state index in [1.165, 1.54) is 16.7 Å². The third-order valence-electron chi connectivity index (χ3n) is 3.66. The molecule has 0 radical (unpaired) electrons. The average molecular weight is 332 g/mol. The molecule has 0 saturated carbocycles. The second kappa shape index (κ2) is 6.89. The van der Waals surface area contributed by atoms with Gasteiger partial charge in [-0.25, -0.2) is 9.78 Å². The van der Waals surface area contributed by atoms with E-state index in [0.29, 0.717) is 24.8 Å². The van der Waals surface area contributed by atoms with E-state index in [4.69, 9.17) is 9.84 Å². The molecular formula is C16H16N2O4S. The monoisotopic (exact) mass is 332 g/mol. The minimum Gasteiger partial charge on any atom is -0.476 e. The third-order valence-corrected chi connectivity index (χ3v) is 4.56. The van der Waals surface area contributed by atoms with Crippen LogP contribution in [0.25, 0.3) is 10.6 Å². The Kier molecular flexibility index (Phi) is 4.68. The molecule has 7 heteroatoms. The first kappa shape index (κ1) is 15.6. The molecule has 2 aromatic rings. The average Bonchev–Trinajstić information content (AvgIpc) is 3.24. The SMILES string of the molecule is O=C(O)c1csc(-c2cccc(CNC(=O)[C@H]3CCOC3)c2)n1. The summed E-state index contributed by atoms with van der Waals surface area (Å²) in [5.41, 5.74) is 1.84. The van der Waals surface area contributed by atoms with Crippen LogP contribution in [0.2, 0.25) is 0 Å². The second-order valence-corrected chi connectivity index (χ2v) is 6.18. The summed E-state index contributed by atoms with van der Waals surface area (Å²) in [6, 6.07) is 7.58. The Morgan fingerprint density at radius 2 is 2.30 bits per heavy atom. The summed E-state index contributed by atoms with van der Waals surface area (Å²) in [4.78, 5) is 27.0. The van der Waals surface area contributed by atoms with Crippen molar-refractivity contribution < 1.29 is 19.4 Å². The van der Waals surface area contributed by atoms with E-state index in [1.54, 1.807) is 0 Å². The molecule has 1 amide bonds. The second-order valence-electron chi connectivity index (χ2n) is 5.32. The molecule has 0 unspecified atom stereocenters. The topological polar surface area (TPSA) is 88.5 Å². The lowest BCUT2D eigenvalue weighted by molar-refractivity contribution is -0.125. The van der Waals surface area contributed by atoms with Crippen LogP contribution in [-0.2, 0) is 16.1 Å². The lowest BCUT2D eigenvalue weighted by atomic mass is 10.1. The summed E-state index contributed by atoms with van der Waals surface area (Å²) in [7, 11) is 0. The van der Waals surface area contributed by atoms with Crippen LogP contribution >= 0.6 is 11.3 Å². The third kappa shape index (κ3) is 3.75. The van der Waals surface area contributed by atoms with Crippen LogP contribution in [-0.4, -0.2) is 35.2 Å².